The van der Waals surface area contributed by atoms with Crippen LogP contribution in [0, 0.1) is 17.1 Å². The Morgan fingerprint density at radius 3 is 2.38 bits per heavy atom. The molecule has 0 radical (unpaired) electrons. The second-order valence-corrected chi connectivity index (χ2v) is 8.66. The maximum absolute atomic E-state index is 13.4. The molecule has 3 atom stereocenters. The molecule has 0 aromatic heterocycles. The lowest BCUT2D eigenvalue weighted by Gasteiger charge is -2.48. The van der Waals surface area contributed by atoms with Crippen molar-refractivity contribution in [3.8, 4) is 6.07 Å². The Bertz CT molecular complexity index is 943. The molecule has 2 fully saturated rings. The molecule has 6 nitrogen and oxygen atoms in total. The van der Waals surface area contributed by atoms with Gasteiger partial charge in [-0.1, -0.05) is 24.3 Å². The summed E-state index contributed by atoms with van der Waals surface area (Å²) in [7, 11) is 0. The number of amides is 1. The summed E-state index contributed by atoms with van der Waals surface area (Å²) >= 11 is 0. The average molecular weight is 437 g/mol. The SMILES string of the molecule is CC(=O)NCC(c1ccc(F)cc1)N1CC2CN(CCc3ccc(C#N)cc3)CC(C1)O2. The molecular formula is C25H29FN4O2. The van der Waals surface area contributed by atoms with E-state index in [9.17, 15) is 9.18 Å². The van der Waals surface area contributed by atoms with Gasteiger partial charge in [0.05, 0.1) is 29.9 Å². The van der Waals surface area contributed by atoms with E-state index in [4.69, 9.17) is 10.00 Å². The maximum Gasteiger partial charge on any atom is 0.216 e. The van der Waals surface area contributed by atoms with Crippen LogP contribution >= 0.6 is 0 Å². The zero-order valence-corrected chi connectivity index (χ0v) is 18.3. The third kappa shape index (κ3) is 5.71. The topological polar surface area (TPSA) is 68.6 Å². The van der Waals surface area contributed by atoms with Gasteiger partial charge in [-0.05, 0) is 41.8 Å². The van der Waals surface area contributed by atoms with E-state index in [0.29, 0.717) is 12.1 Å². The number of carbonyl (C=O) groups is 1. The van der Waals surface area contributed by atoms with E-state index in [-0.39, 0.29) is 30.0 Å². The highest BCUT2D eigenvalue weighted by molar-refractivity contribution is 5.72. The highest BCUT2D eigenvalue weighted by Gasteiger charge is 2.37. The monoisotopic (exact) mass is 436 g/mol. The summed E-state index contributed by atoms with van der Waals surface area (Å²) in [5, 5.41) is 11.9. The summed E-state index contributed by atoms with van der Waals surface area (Å²) in [5.74, 6) is -0.330. The number of nitriles is 1. The highest BCUT2D eigenvalue weighted by atomic mass is 19.1. The van der Waals surface area contributed by atoms with E-state index in [0.717, 1.165) is 44.7 Å². The number of ether oxygens (including phenoxy) is 1. The number of halogens is 1. The van der Waals surface area contributed by atoms with Gasteiger partial charge in [0.2, 0.25) is 5.91 Å². The van der Waals surface area contributed by atoms with Crippen LogP contribution < -0.4 is 5.32 Å². The second-order valence-electron chi connectivity index (χ2n) is 8.66. The van der Waals surface area contributed by atoms with Crippen molar-refractivity contribution in [1.29, 1.82) is 5.26 Å². The number of morpholine rings is 2. The molecule has 2 aliphatic heterocycles. The summed E-state index contributed by atoms with van der Waals surface area (Å²) in [5.41, 5.74) is 2.91. The predicted molar refractivity (Wildman–Crippen MR) is 119 cm³/mol. The molecule has 4 rings (SSSR count). The second kappa shape index (κ2) is 10.2. The number of hydrogen-bond donors (Lipinski definition) is 1. The fourth-order valence-electron chi connectivity index (χ4n) is 4.66. The van der Waals surface area contributed by atoms with Gasteiger partial charge in [-0.2, -0.15) is 5.26 Å². The van der Waals surface area contributed by atoms with Crippen LogP contribution in [0.5, 0.6) is 0 Å². The van der Waals surface area contributed by atoms with Gasteiger partial charge in [-0.3, -0.25) is 14.6 Å². The Kier molecular flexibility index (Phi) is 7.15. The van der Waals surface area contributed by atoms with Crippen LogP contribution in [0.25, 0.3) is 0 Å². The lowest BCUT2D eigenvalue weighted by molar-refractivity contribution is -0.146. The summed E-state index contributed by atoms with van der Waals surface area (Å²) < 4.78 is 19.7. The number of benzene rings is 2. The van der Waals surface area contributed by atoms with Crippen molar-refractivity contribution in [2.45, 2.75) is 31.6 Å². The largest absolute Gasteiger partial charge is 0.370 e. The van der Waals surface area contributed by atoms with Crippen molar-refractivity contribution in [2.75, 3.05) is 39.3 Å². The molecule has 2 aromatic rings. The third-order valence-electron chi connectivity index (χ3n) is 6.22. The summed E-state index contributed by atoms with van der Waals surface area (Å²) in [6.45, 7) is 6.22. The van der Waals surface area contributed by atoms with Gasteiger partial charge < -0.3 is 10.1 Å². The molecule has 2 heterocycles. The van der Waals surface area contributed by atoms with Crippen LogP contribution in [0.2, 0.25) is 0 Å². The molecular weight excluding hydrogens is 407 g/mol. The van der Waals surface area contributed by atoms with Gasteiger partial charge in [0.25, 0.3) is 0 Å². The molecule has 168 valence electrons. The smallest absolute Gasteiger partial charge is 0.216 e. The fourth-order valence-corrected chi connectivity index (χ4v) is 4.66. The zero-order valence-electron chi connectivity index (χ0n) is 18.3. The first-order chi connectivity index (χ1) is 15.5. The highest BCUT2D eigenvalue weighted by Crippen LogP contribution is 2.28. The van der Waals surface area contributed by atoms with E-state index >= 15 is 0 Å². The molecule has 1 amide bonds. The van der Waals surface area contributed by atoms with Gasteiger partial charge in [0, 0.05) is 46.2 Å². The average Bonchev–Trinajstić information content (AvgIpc) is 2.78. The van der Waals surface area contributed by atoms with E-state index in [1.54, 1.807) is 12.1 Å². The Balaban J connectivity index is 1.37. The van der Waals surface area contributed by atoms with E-state index in [1.165, 1.54) is 24.6 Å². The first kappa shape index (κ1) is 22.4. The van der Waals surface area contributed by atoms with Crippen LogP contribution in [0.4, 0.5) is 4.39 Å². The van der Waals surface area contributed by atoms with E-state index in [2.05, 4.69) is 21.2 Å². The molecule has 2 aromatic carbocycles. The van der Waals surface area contributed by atoms with Gasteiger partial charge in [-0.25, -0.2) is 4.39 Å². The van der Waals surface area contributed by atoms with Crippen LogP contribution in [-0.4, -0.2) is 67.2 Å². The molecule has 32 heavy (non-hydrogen) atoms. The molecule has 0 aliphatic carbocycles. The number of fused-ring (bicyclic) bond motifs is 2. The molecule has 0 saturated carbocycles. The number of rotatable bonds is 7. The Hall–Kier alpha value is -2.79. The minimum atomic E-state index is -0.260. The molecule has 0 spiro atoms. The van der Waals surface area contributed by atoms with Crippen molar-refractivity contribution in [2.24, 2.45) is 0 Å². The number of nitrogens with one attached hydrogen (secondary N) is 1. The molecule has 3 unspecified atom stereocenters. The zero-order chi connectivity index (χ0) is 22.5. The van der Waals surface area contributed by atoms with Gasteiger partial charge in [0.15, 0.2) is 0 Å². The maximum atomic E-state index is 13.4. The number of carbonyl (C=O) groups excluding carboxylic acids is 1. The predicted octanol–water partition coefficient (Wildman–Crippen LogP) is 2.50. The molecule has 7 heteroatoms. The first-order valence-electron chi connectivity index (χ1n) is 11.1. The van der Waals surface area contributed by atoms with Gasteiger partial charge in [-0.15, -0.1) is 0 Å². The summed E-state index contributed by atoms with van der Waals surface area (Å²) in [4.78, 5) is 16.4. The van der Waals surface area contributed by atoms with Crippen LogP contribution in [0.15, 0.2) is 48.5 Å². The Morgan fingerprint density at radius 1 is 1.12 bits per heavy atom. The molecule has 2 aliphatic rings. The van der Waals surface area contributed by atoms with Gasteiger partial charge in [0.1, 0.15) is 5.82 Å². The normalized spacial score (nSPS) is 22.2. The van der Waals surface area contributed by atoms with E-state index in [1.807, 2.05) is 24.3 Å². The minimum absolute atomic E-state index is 0.0152. The van der Waals surface area contributed by atoms with E-state index < -0.39 is 0 Å². The lowest BCUT2D eigenvalue weighted by Crippen LogP contribution is -2.60. The fraction of sp³-hybridized carbons (Fsp3) is 0.440. The first-order valence-corrected chi connectivity index (χ1v) is 11.1. The summed E-state index contributed by atoms with van der Waals surface area (Å²) in [6.07, 6.45) is 1.14. The Labute approximate surface area is 188 Å². The van der Waals surface area contributed by atoms with Crippen LogP contribution in [0.3, 0.4) is 0 Å². The number of nitrogens with zero attached hydrogens (tertiary/aromatic N) is 3. The standard InChI is InChI=1S/C25H29FN4O2/c1-18(31)28-13-25(21-6-8-22(26)9-7-21)30-16-23-14-29(15-24(17-30)32-23)11-10-19-2-4-20(12-27)5-3-19/h2-9,23-25H,10-11,13-17H2,1H3,(H,28,31). The molecule has 1 N–H and O–H groups in total. The molecule has 2 saturated heterocycles. The molecule has 2 bridgehead atoms. The van der Waals surface area contributed by atoms with Crippen LogP contribution in [0.1, 0.15) is 29.7 Å². The van der Waals surface area contributed by atoms with Crippen molar-refractivity contribution < 1.29 is 13.9 Å². The third-order valence-corrected chi connectivity index (χ3v) is 6.22. The van der Waals surface area contributed by atoms with Crippen molar-refractivity contribution in [3.05, 3.63) is 71.0 Å². The minimum Gasteiger partial charge on any atom is -0.370 e. The van der Waals surface area contributed by atoms with Crippen LogP contribution in [-0.2, 0) is 16.0 Å². The number of hydrogen-bond acceptors (Lipinski definition) is 5. The van der Waals surface area contributed by atoms with Crippen molar-refractivity contribution >= 4 is 5.91 Å². The lowest BCUT2D eigenvalue weighted by atomic mass is 10.0. The quantitative estimate of drug-likeness (QED) is 0.722. The van der Waals surface area contributed by atoms with Gasteiger partial charge >= 0.3 is 0 Å². The van der Waals surface area contributed by atoms with Crippen molar-refractivity contribution in [3.63, 3.8) is 0 Å². The van der Waals surface area contributed by atoms with Crippen molar-refractivity contribution in [1.82, 2.24) is 15.1 Å². The Morgan fingerprint density at radius 2 is 1.78 bits per heavy atom. The summed E-state index contributed by atoms with van der Waals surface area (Å²) in [6, 6.07) is 16.5.